The molecule has 0 bridgehead atoms. The number of alkyl halides is 1. The lowest BCUT2D eigenvalue weighted by Gasteiger charge is -2.39. The lowest BCUT2D eigenvalue weighted by Crippen LogP contribution is -2.52. The number of hydrogen-bond acceptors (Lipinski definition) is 4. The van der Waals surface area contributed by atoms with Gasteiger partial charge < -0.3 is 9.47 Å². The van der Waals surface area contributed by atoms with Crippen molar-refractivity contribution < 1.29 is 14.4 Å². The molecule has 1 saturated carbocycles. The summed E-state index contributed by atoms with van der Waals surface area (Å²) < 4.78 is 10.9. The topological polar surface area (TPSA) is 61.6 Å². The summed E-state index contributed by atoms with van der Waals surface area (Å²) in [5.41, 5.74) is 0.582. The number of halogens is 1. The van der Waals surface area contributed by atoms with Crippen molar-refractivity contribution >= 4 is 17.3 Å². The summed E-state index contributed by atoms with van der Waals surface area (Å²) in [4.78, 5) is 10.4. The fraction of sp³-hybridized carbons (Fsp3) is 0.500. The molecule has 98 valence electrons. The fourth-order valence-electron chi connectivity index (χ4n) is 2.03. The highest BCUT2D eigenvalue weighted by molar-refractivity contribution is 6.21. The summed E-state index contributed by atoms with van der Waals surface area (Å²) in [5, 5.41) is 10.8. The molecule has 0 amide bonds. The van der Waals surface area contributed by atoms with E-state index in [4.69, 9.17) is 21.1 Å². The van der Waals surface area contributed by atoms with E-state index >= 15 is 0 Å². The number of nitrogens with zero attached hydrogens (tertiary/aromatic N) is 1. The summed E-state index contributed by atoms with van der Waals surface area (Å²) >= 11 is 5.98. The van der Waals surface area contributed by atoms with Crippen molar-refractivity contribution in [2.45, 2.75) is 30.9 Å². The van der Waals surface area contributed by atoms with Crippen molar-refractivity contribution in [2.75, 3.05) is 7.11 Å². The van der Waals surface area contributed by atoms with Crippen molar-refractivity contribution in [3.05, 3.63) is 33.9 Å². The molecule has 0 heterocycles. The van der Waals surface area contributed by atoms with Crippen LogP contribution in [0.4, 0.5) is 5.69 Å². The maximum absolute atomic E-state index is 10.8. The van der Waals surface area contributed by atoms with Crippen LogP contribution in [0, 0.1) is 17.0 Å². The van der Waals surface area contributed by atoms with Gasteiger partial charge in [-0.3, -0.25) is 10.1 Å². The number of nitro benzene ring substituents is 1. The summed E-state index contributed by atoms with van der Waals surface area (Å²) in [6, 6.07) is 4.79. The molecular formula is C12H14ClNO4. The van der Waals surface area contributed by atoms with Gasteiger partial charge in [0.1, 0.15) is 18.0 Å². The summed E-state index contributed by atoms with van der Waals surface area (Å²) in [6.07, 6.45) is 0.380. The second-order valence-electron chi connectivity index (χ2n) is 4.27. The second-order valence-corrected chi connectivity index (χ2v) is 4.83. The minimum absolute atomic E-state index is 0.0565. The number of nitro groups is 1. The maximum atomic E-state index is 10.8. The van der Waals surface area contributed by atoms with Crippen LogP contribution < -0.4 is 4.74 Å². The van der Waals surface area contributed by atoms with Gasteiger partial charge in [-0.2, -0.15) is 0 Å². The molecule has 0 aromatic heterocycles. The molecule has 1 aromatic carbocycles. The number of benzene rings is 1. The maximum Gasteiger partial charge on any atom is 0.276 e. The van der Waals surface area contributed by atoms with E-state index in [0.29, 0.717) is 17.7 Å². The molecule has 3 unspecified atom stereocenters. The van der Waals surface area contributed by atoms with Crippen molar-refractivity contribution in [2.24, 2.45) is 0 Å². The Morgan fingerprint density at radius 3 is 2.78 bits per heavy atom. The molecule has 18 heavy (non-hydrogen) atoms. The molecule has 1 aromatic rings. The van der Waals surface area contributed by atoms with E-state index in [1.54, 1.807) is 26.2 Å². The molecule has 0 saturated heterocycles. The number of ether oxygens (including phenoxy) is 2. The zero-order chi connectivity index (χ0) is 13.3. The molecule has 0 spiro atoms. The molecule has 6 heteroatoms. The van der Waals surface area contributed by atoms with Crippen molar-refractivity contribution in [1.82, 2.24) is 0 Å². The molecule has 0 aliphatic heterocycles. The Labute approximate surface area is 110 Å². The van der Waals surface area contributed by atoms with Crippen LogP contribution in [0.1, 0.15) is 12.0 Å². The third-order valence-electron chi connectivity index (χ3n) is 3.18. The van der Waals surface area contributed by atoms with E-state index in [0.717, 1.165) is 0 Å². The first-order valence-corrected chi connectivity index (χ1v) is 6.05. The van der Waals surface area contributed by atoms with Gasteiger partial charge in [0.25, 0.3) is 5.69 Å². The lowest BCUT2D eigenvalue weighted by molar-refractivity contribution is -0.385. The van der Waals surface area contributed by atoms with Gasteiger partial charge in [-0.05, 0) is 13.0 Å². The van der Waals surface area contributed by atoms with E-state index < -0.39 is 4.92 Å². The van der Waals surface area contributed by atoms with E-state index in [9.17, 15) is 10.1 Å². The molecular weight excluding hydrogens is 258 g/mol. The molecule has 5 nitrogen and oxygen atoms in total. The predicted molar refractivity (Wildman–Crippen MR) is 67.3 cm³/mol. The second kappa shape index (κ2) is 5.12. The van der Waals surface area contributed by atoms with Crippen LogP contribution in [0.2, 0.25) is 0 Å². The zero-order valence-electron chi connectivity index (χ0n) is 10.1. The average Bonchev–Trinajstić information content (AvgIpc) is 2.30. The highest BCUT2D eigenvalue weighted by Gasteiger charge is 2.42. The van der Waals surface area contributed by atoms with Crippen LogP contribution in [-0.2, 0) is 4.74 Å². The van der Waals surface area contributed by atoms with Crippen LogP contribution in [-0.4, -0.2) is 29.6 Å². The third-order valence-corrected chi connectivity index (χ3v) is 3.61. The summed E-state index contributed by atoms with van der Waals surface area (Å²) in [7, 11) is 1.58. The van der Waals surface area contributed by atoms with Gasteiger partial charge in [0.15, 0.2) is 0 Å². The highest BCUT2D eigenvalue weighted by Crippen LogP contribution is 2.35. The molecule has 0 N–H and O–H groups in total. The predicted octanol–water partition coefficient (Wildman–Crippen LogP) is 2.68. The van der Waals surface area contributed by atoms with Gasteiger partial charge in [-0.25, -0.2) is 0 Å². The van der Waals surface area contributed by atoms with Gasteiger partial charge in [-0.1, -0.05) is 6.07 Å². The molecule has 0 radical (unpaired) electrons. The van der Waals surface area contributed by atoms with Gasteiger partial charge in [0.05, 0.1) is 15.9 Å². The monoisotopic (exact) mass is 271 g/mol. The van der Waals surface area contributed by atoms with E-state index in [1.807, 2.05) is 0 Å². The SMILES string of the molecule is COC1C(Cl)CC1Oc1cccc([N+](=O)[O-])c1C. The number of rotatable bonds is 4. The minimum Gasteiger partial charge on any atom is -0.487 e. The first kappa shape index (κ1) is 13.1. The van der Waals surface area contributed by atoms with Crippen LogP contribution in [0.25, 0.3) is 0 Å². The smallest absolute Gasteiger partial charge is 0.276 e. The number of methoxy groups -OCH3 is 1. The van der Waals surface area contributed by atoms with Crippen LogP contribution in [0.15, 0.2) is 18.2 Å². The van der Waals surface area contributed by atoms with E-state index in [-0.39, 0.29) is 23.3 Å². The standard InChI is InChI=1S/C12H14ClNO4/c1-7-9(14(15)16)4-3-5-10(7)18-11-6-8(13)12(11)17-2/h3-5,8,11-12H,6H2,1-2H3. The fourth-order valence-corrected chi connectivity index (χ4v) is 2.47. The summed E-state index contributed by atoms with van der Waals surface area (Å²) in [5.74, 6) is 0.514. The van der Waals surface area contributed by atoms with Crippen LogP contribution in [0.5, 0.6) is 5.75 Å². The first-order chi connectivity index (χ1) is 8.54. The zero-order valence-corrected chi connectivity index (χ0v) is 10.9. The number of hydrogen-bond donors (Lipinski definition) is 0. The van der Waals surface area contributed by atoms with Gasteiger partial charge in [0, 0.05) is 19.6 Å². The molecule has 3 atom stereocenters. The summed E-state index contributed by atoms with van der Waals surface area (Å²) in [6.45, 7) is 1.67. The van der Waals surface area contributed by atoms with Gasteiger partial charge in [0.2, 0.25) is 0 Å². The molecule has 1 fully saturated rings. The molecule has 2 rings (SSSR count). The lowest BCUT2D eigenvalue weighted by atomic mass is 9.91. The van der Waals surface area contributed by atoms with Crippen molar-refractivity contribution in [3.63, 3.8) is 0 Å². The van der Waals surface area contributed by atoms with Crippen LogP contribution >= 0.6 is 11.6 Å². The van der Waals surface area contributed by atoms with Crippen molar-refractivity contribution in [1.29, 1.82) is 0 Å². The normalized spacial score (nSPS) is 26.5. The Kier molecular flexibility index (Phi) is 3.73. The largest absolute Gasteiger partial charge is 0.487 e. The van der Waals surface area contributed by atoms with Gasteiger partial charge in [-0.15, -0.1) is 11.6 Å². The first-order valence-electron chi connectivity index (χ1n) is 5.62. The van der Waals surface area contributed by atoms with E-state index in [1.165, 1.54) is 6.07 Å². The molecule has 1 aliphatic rings. The van der Waals surface area contributed by atoms with Gasteiger partial charge >= 0.3 is 0 Å². The Bertz CT molecular complexity index is 465. The Hall–Kier alpha value is -1.33. The quantitative estimate of drug-likeness (QED) is 0.480. The molecule has 1 aliphatic carbocycles. The van der Waals surface area contributed by atoms with Crippen LogP contribution in [0.3, 0.4) is 0 Å². The van der Waals surface area contributed by atoms with E-state index in [2.05, 4.69) is 0 Å². The Morgan fingerprint density at radius 2 is 2.22 bits per heavy atom. The Balaban J connectivity index is 2.15. The third kappa shape index (κ3) is 2.28. The van der Waals surface area contributed by atoms with Crippen molar-refractivity contribution in [3.8, 4) is 5.75 Å². The minimum atomic E-state index is -0.416. The highest BCUT2D eigenvalue weighted by atomic mass is 35.5. The average molecular weight is 272 g/mol. The Morgan fingerprint density at radius 1 is 1.50 bits per heavy atom.